The van der Waals surface area contributed by atoms with Crippen LogP contribution in [0, 0.1) is 0 Å². The van der Waals surface area contributed by atoms with Crippen molar-refractivity contribution in [2.24, 2.45) is 0 Å². The van der Waals surface area contributed by atoms with Crippen molar-refractivity contribution in [3.8, 4) is 0 Å². The van der Waals surface area contributed by atoms with E-state index in [1.54, 1.807) is 6.92 Å². The molecular formula is C12H22O4. The Balaban J connectivity index is 2.31. The molecule has 94 valence electrons. The van der Waals surface area contributed by atoms with Gasteiger partial charge in [-0.3, -0.25) is 4.79 Å². The van der Waals surface area contributed by atoms with Crippen molar-refractivity contribution in [1.29, 1.82) is 0 Å². The second kappa shape index (κ2) is 6.21. The number of esters is 1. The molecule has 0 saturated heterocycles. The monoisotopic (exact) mass is 230 g/mol. The number of aliphatic hydroxyl groups is 2. The summed E-state index contributed by atoms with van der Waals surface area (Å²) in [6.07, 6.45) is 4.09. The van der Waals surface area contributed by atoms with Crippen LogP contribution < -0.4 is 0 Å². The van der Waals surface area contributed by atoms with Crippen LogP contribution in [-0.4, -0.2) is 34.5 Å². The molecule has 0 aromatic carbocycles. The Kier molecular flexibility index (Phi) is 5.22. The molecule has 1 unspecified atom stereocenters. The lowest BCUT2D eigenvalue weighted by Crippen LogP contribution is -2.36. The molecule has 1 rings (SSSR count). The Morgan fingerprint density at radius 1 is 1.38 bits per heavy atom. The maximum atomic E-state index is 11.1. The van der Waals surface area contributed by atoms with Crippen molar-refractivity contribution in [3.05, 3.63) is 0 Å². The summed E-state index contributed by atoms with van der Waals surface area (Å²) in [6.45, 7) is 2.06. The topological polar surface area (TPSA) is 66.8 Å². The van der Waals surface area contributed by atoms with Crippen LogP contribution in [0.2, 0.25) is 0 Å². The van der Waals surface area contributed by atoms with E-state index in [0.717, 1.165) is 32.1 Å². The van der Waals surface area contributed by atoms with Gasteiger partial charge in [-0.2, -0.15) is 0 Å². The molecule has 1 fully saturated rings. The Morgan fingerprint density at radius 3 is 2.56 bits per heavy atom. The fraction of sp³-hybridized carbons (Fsp3) is 0.917. The maximum absolute atomic E-state index is 11.1. The van der Waals surface area contributed by atoms with Gasteiger partial charge in [0, 0.05) is 6.42 Å². The predicted molar refractivity (Wildman–Crippen MR) is 59.9 cm³/mol. The van der Waals surface area contributed by atoms with E-state index < -0.39 is 17.7 Å². The molecule has 4 heteroatoms. The lowest BCUT2D eigenvalue weighted by molar-refractivity contribution is -0.146. The number of ether oxygens (including phenoxy) is 1. The van der Waals surface area contributed by atoms with E-state index in [1.807, 2.05) is 0 Å². The number of aliphatic hydroxyl groups excluding tert-OH is 1. The van der Waals surface area contributed by atoms with E-state index >= 15 is 0 Å². The van der Waals surface area contributed by atoms with E-state index in [1.165, 1.54) is 0 Å². The third-order valence-electron chi connectivity index (χ3n) is 3.11. The molecule has 1 aliphatic carbocycles. The van der Waals surface area contributed by atoms with E-state index in [0.29, 0.717) is 6.61 Å². The van der Waals surface area contributed by atoms with Gasteiger partial charge in [-0.1, -0.05) is 19.3 Å². The average Bonchev–Trinajstić information content (AvgIpc) is 2.17. The number of hydrogen-bond donors (Lipinski definition) is 2. The highest BCUT2D eigenvalue weighted by Gasteiger charge is 2.32. The molecule has 16 heavy (non-hydrogen) atoms. The molecule has 0 aliphatic heterocycles. The van der Waals surface area contributed by atoms with Crippen LogP contribution in [0.25, 0.3) is 0 Å². The highest BCUT2D eigenvalue weighted by Crippen LogP contribution is 2.32. The lowest BCUT2D eigenvalue weighted by atomic mass is 9.80. The van der Waals surface area contributed by atoms with E-state index in [2.05, 4.69) is 0 Å². The van der Waals surface area contributed by atoms with Crippen LogP contribution in [0.5, 0.6) is 0 Å². The van der Waals surface area contributed by atoms with Gasteiger partial charge < -0.3 is 14.9 Å². The zero-order valence-corrected chi connectivity index (χ0v) is 9.95. The first kappa shape index (κ1) is 13.5. The normalized spacial score (nSPS) is 21.4. The Bertz CT molecular complexity index is 221. The van der Waals surface area contributed by atoms with Gasteiger partial charge in [0.15, 0.2) is 0 Å². The molecule has 2 N–H and O–H groups in total. The Hall–Kier alpha value is -0.610. The van der Waals surface area contributed by atoms with E-state index in [-0.39, 0.29) is 12.8 Å². The predicted octanol–water partition coefficient (Wildman–Crippen LogP) is 1.39. The van der Waals surface area contributed by atoms with Gasteiger partial charge in [0.05, 0.1) is 24.7 Å². The minimum absolute atomic E-state index is 0.0177. The van der Waals surface area contributed by atoms with Crippen molar-refractivity contribution in [2.75, 3.05) is 6.61 Å². The van der Waals surface area contributed by atoms with E-state index in [4.69, 9.17) is 4.74 Å². The molecule has 1 aliphatic rings. The summed E-state index contributed by atoms with van der Waals surface area (Å²) in [5.74, 6) is -0.394. The van der Waals surface area contributed by atoms with Crippen LogP contribution in [0.3, 0.4) is 0 Å². The zero-order valence-electron chi connectivity index (χ0n) is 9.95. The Labute approximate surface area is 96.6 Å². The van der Waals surface area contributed by atoms with Crippen LogP contribution in [-0.2, 0) is 9.53 Å². The van der Waals surface area contributed by atoms with Crippen LogP contribution in [0.1, 0.15) is 51.9 Å². The fourth-order valence-corrected chi connectivity index (χ4v) is 2.34. The van der Waals surface area contributed by atoms with Crippen LogP contribution in [0.4, 0.5) is 0 Å². The van der Waals surface area contributed by atoms with Crippen molar-refractivity contribution in [2.45, 2.75) is 63.6 Å². The molecular weight excluding hydrogens is 208 g/mol. The molecule has 4 nitrogen and oxygen atoms in total. The fourth-order valence-electron chi connectivity index (χ4n) is 2.34. The minimum Gasteiger partial charge on any atom is -0.466 e. The highest BCUT2D eigenvalue weighted by molar-refractivity contribution is 5.69. The first-order valence-corrected chi connectivity index (χ1v) is 6.12. The first-order chi connectivity index (χ1) is 7.56. The molecule has 0 aromatic rings. The van der Waals surface area contributed by atoms with Crippen LogP contribution in [0.15, 0.2) is 0 Å². The summed E-state index contributed by atoms with van der Waals surface area (Å²) in [6, 6.07) is 0. The summed E-state index contributed by atoms with van der Waals surface area (Å²) in [4.78, 5) is 11.1. The zero-order chi connectivity index (χ0) is 12.0. The minimum atomic E-state index is -0.790. The average molecular weight is 230 g/mol. The van der Waals surface area contributed by atoms with Gasteiger partial charge in [0.25, 0.3) is 0 Å². The van der Waals surface area contributed by atoms with Gasteiger partial charge >= 0.3 is 5.97 Å². The molecule has 0 aromatic heterocycles. The molecule has 0 radical (unpaired) electrons. The number of carbonyl (C=O) groups is 1. The van der Waals surface area contributed by atoms with Gasteiger partial charge in [-0.05, 0) is 19.8 Å². The number of hydrogen-bond acceptors (Lipinski definition) is 4. The van der Waals surface area contributed by atoms with Gasteiger partial charge in [-0.25, -0.2) is 0 Å². The standard InChI is InChI=1S/C12H22O4/c1-2-16-11(14)8-10(13)9-12(15)6-4-3-5-7-12/h10,13,15H,2-9H2,1H3. The van der Waals surface area contributed by atoms with Crippen molar-refractivity contribution in [3.63, 3.8) is 0 Å². The second-order valence-electron chi connectivity index (χ2n) is 4.65. The lowest BCUT2D eigenvalue weighted by Gasteiger charge is -2.33. The molecule has 1 saturated carbocycles. The molecule has 0 amide bonds. The van der Waals surface area contributed by atoms with Gasteiger partial charge in [-0.15, -0.1) is 0 Å². The van der Waals surface area contributed by atoms with Crippen molar-refractivity contribution in [1.82, 2.24) is 0 Å². The molecule has 0 heterocycles. The third kappa shape index (κ3) is 4.49. The molecule has 0 spiro atoms. The van der Waals surface area contributed by atoms with Crippen molar-refractivity contribution >= 4 is 5.97 Å². The summed E-state index contributed by atoms with van der Waals surface area (Å²) >= 11 is 0. The number of rotatable bonds is 5. The SMILES string of the molecule is CCOC(=O)CC(O)CC1(O)CCCCC1. The second-order valence-corrected chi connectivity index (χ2v) is 4.65. The molecule has 1 atom stereocenters. The van der Waals surface area contributed by atoms with Crippen molar-refractivity contribution < 1.29 is 19.7 Å². The van der Waals surface area contributed by atoms with Gasteiger partial charge in [0.1, 0.15) is 0 Å². The smallest absolute Gasteiger partial charge is 0.308 e. The summed E-state index contributed by atoms with van der Waals surface area (Å²) in [5.41, 5.74) is -0.774. The van der Waals surface area contributed by atoms with E-state index in [9.17, 15) is 15.0 Å². The third-order valence-corrected chi connectivity index (χ3v) is 3.11. The first-order valence-electron chi connectivity index (χ1n) is 6.12. The Morgan fingerprint density at radius 2 is 2.00 bits per heavy atom. The largest absolute Gasteiger partial charge is 0.466 e. The summed E-state index contributed by atoms with van der Waals surface area (Å²) < 4.78 is 4.75. The summed E-state index contributed by atoms with van der Waals surface area (Å²) in [5, 5.41) is 19.9. The quantitative estimate of drug-likeness (QED) is 0.700. The van der Waals surface area contributed by atoms with Gasteiger partial charge in [0.2, 0.25) is 0 Å². The highest BCUT2D eigenvalue weighted by atomic mass is 16.5. The molecule has 0 bridgehead atoms. The number of carbonyl (C=O) groups excluding carboxylic acids is 1. The maximum Gasteiger partial charge on any atom is 0.308 e. The summed E-state index contributed by atoms with van der Waals surface area (Å²) in [7, 11) is 0. The van der Waals surface area contributed by atoms with Crippen LogP contribution >= 0.6 is 0 Å².